The molecule has 1 aliphatic rings. The maximum Gasteiger partial charge on any atom is 0.434 e. The lowest BCUT2D eigenvalue weighted by Gasteiger charge is -2.13. The number of likely N-dealkylation sites (tertiary alicyclic amines) is 1. The Morgan fingerprint density at radius 2 is 2.12 bits per heavy atom. The highest BCUT2D eigenvalue weighted by atomic mass is 32.1. The van der Waals surface area contributed by atoms with Crippen molar-refractivity contribution in [3.8, 4) is 0 Å². The van der Waals surface area contributed by atoms with E-state index in [0.717, 1.165) is 16.7 Å². The van der Waals surface area contributed by atoms with Gasteiger partial charge in [-0.2, -0.15) is 13.2 Å². The Morgan fingerprint density at radius 1 is 1.41 bits per heavy atom. The van der Waals surface area contributed by atoms with Crippen LogP contribution in [-0.2, 0) is 12.7 Å². The van der Waals surface area contributed by atoms with Crippen molar-refractivity contribution in [2.75, 3.05) is 13.1 Å². The fourth-order valence-corrected chi connectivity index (χ4v) is 2.49. The van der Waals surface area contributed by atoms with Crippen LogP contribution in [0, 0.1) is 0 Å². The van der Waals surface area contributed by atoms with Gasteiger partial charge in [0.05, 0.1) is 13.1 Å². The molecule has 96 valence electrons. The van der Waals surface area contributed by atoms with E-state index in [9.17, 15) is 22.0 Å². The molecule has 17 heavy (non-hydrogen) atoms. The number of nitrogens with zero attached hydrogens (tertiary/aromatic N) is 2. The third-order valence-corrected chi connectivity index (χ3v) is 3.28. The molecule has 0 saturated carbocycles. The minimum absolute atomic E-state index is 0.0519. The predicted octanol–water partition coefficient (Wildman–Crippen LogP) is 3.00. The molecule has 1 fully saturated rings. The summed E-state index contributed by atoms with van der Waals surface area (Å²) in [4.78, 5) is 4.82. The normalized spacial score (nSPS) is 21.0. The standard InChI is InChI=1S/C9H9F5N2S/c10-8(11)1-2-16(5-8)3-7-15-6(4-17-7)9(12,13)14/h4H,1-3,5H2. The highest BCUT2D eigenvalue weighted by molar-refractivity contribution is 7.09. The van der Waals surface area contributed by atoms with Gasteiger partial charge in [-0.15, -0.1) is 11.3 Å². The van der Waals surface area contributed by atoms with E-state index in [4.69, 9.17) is 0 Å². The van der Waals surface area contributed by atoms with Crippen LogP contribution in [0.2, 0.25) is 0 Å². The Labute approximate surface area is 98.1 Å². The monoisotopic (exact) mass is 272 g/mol. The Kier molecular flexibility index (Phi) is 3.11. The first-order valence-electron chi connectivity index (χ1n) is 4.88. The minimum Gasteiger partial charge on any atom is -0.291 e. The van der Waals surface area contributed by atoms with E-state index in [-0.39, 0.29) is 24.5 Å². The molecule has 0 atom stereocenters. The Bertz CT molecular complexity index is 400. The van der Waals surface area contributed by atoms with Gasteiger partial charge in [0, 0.05) is 18.3 Å². The van der Waals surface area contributed by atoms with Gasteiger partial charge in [-0.1, -0.05) is 0 Å². The van der Waals surface area contributed by atoms with Gasteiger partial charge in [0.2, 0.25) is 0 Å². The molecule has 2 heterocycles. The smallest absolute Gasteiger partial charge is 0.291 e. The van der Waals surface area contributed by atoms with E-state index in [1.54, 1.807) is 0 Å². The van der Waals surface area contributed by atoms with Gasteiger partial charge >= 0.3 is 6.18 Å². The van der Waals surface area contributed by atoms with E-state index in [0.29, 0.717) is 0 Å². The lowest BCUT2D eigenvalue weighted by atomic mass is 10.3. The first-order chi connectivity index (χ1) is 7.76. The second-order valence-corrected chi connectivity index (χ2v) is 4.88. The van der Waals surface area contributed by atoms with Crippen molar-refractivity contribution in [1.82, 2.24) is 9.88 Å². The summed E-state index contributed by atoms with van der Waals surface area (Å²) in [5.74, 6) is -2.73. The predicted molar refractivity (Wildman–Crippen MR) is 52.0 cm³/mol. The van der Waals surface area contributed by atoms with Crippen LogP contribution in [0.4, 0.5) is 22.0 Å². The third-order valence-electron chi connectivity index (χ3n) is 2.45. The van der Waals surface area contributed by atoms with Crippen molar-refractivity contribution < 1.29 is 22.0 Å². The molecule has 0 amide bonds. The number of aromatic nitrogens is 1. The molecular formula is C9H9F5N2S. The van der Waals surface area contributed by atoms with Crippen LogP contribution >= 0.6 is 11.3 Å². The van der Waals surface area contributed by atoms with Gasteiger partial charge in [-0.05, 0) is 0 Å². The molecular weight excluding hydrogens is 263 g/mol. The molecule has 1 aromatic heterocycles. The zero-order valence-electron chi connectivity index (χ0n) is 8.60. The maximum atomic E-state index is 12.9. The van der Waals surface area contributed by atoms with Crippen molar-refractivity contribution in [1.29, 1.82) is 0 Å². The van der Waals surface area contributed by atoms with Crippen LogP contribution in [-0.4, -0.2) is 28.9 Å². The van der Waals surface area contributed by atoms with Crippen LogP contribution in [0.15, 0.2) is 5.38 Å². The number of alkyl halides is 5. The summed E-state index contributed by atoms with van der Waals surface area (Å²) < 4.78 is 62.5. The summed E-state index contributed by atoms with van der Waals surface area (Å²) in [6.07, 6.45) is -4.71. The first-order valence-corrected chi connectivity index (χ1v) is 5.76. The van der Waals surface area contributed by atoms with Crippen LogP contribution in [0.3, 0.4) is 0 Å². The highest BCUT2D eigenvalue weighted by Gasteiger charge is 2.39. The number of thiazole rings is 1. The number of hydrogen-bond donors (Lipinski definition) is 0. The van der Waals surface area contributed by atoms with E-state index < -0.39 is 24.3 Å². The van der Waals surface area contributed by atoms with E-state index in [1.807, 2.05) is 0 Å². The molecule has 0 radical (unpaired) electrons. The van der Waals surface area contributed by atoms with Crippen molar-refractivity contribution in [3.05, 3.63) is 16.1 Å². The molecule has 0 spiro atoms. The average molecular weight is 272 g/mol. The zero-order valence-corrected chi connectivity index (χ0v) is 9.41. The highest BCUT2D eigenvalue weighted by Crippen LogP contribution is 2.32. The third kappa shape index (κ3) is 3.12. The molecule has 0 aromatic carbocycles. The number of hydrogen-bond acceptors (Lipinski definition) is 3. The lowest BCUT2D eigenvalue weighted by molar-refractivity contribution is -0.140. The van der Waals surface area contributed by atoms with Crippen molar-refractivity contribution in [3.63, 3.8) is 0 Å². The molecule has 0 unspecified atom stereocenters. The molecule has 1 saturated heterocycles. The minimum atomic E-state index is -4.47. The Morgan fingerprint density at radius 3 is 2.59 bits per heavy atom. The van der Waals surface area contributed by atoms with Crippen LogP contribution in [0.5, 0.6) is 0 Å². The quantitative estimate of drug-likeness (QED) is 0.769. The molecule has 2 nitrogen and oxygen atoms in total. The van der Waals surface area contributed by atoms with Crippen LogP contribution in [0.1, 0.15) is 17.1 Å². The summed E-state index contributed by atoms with van der Waals surface area (Å²) >= 11 is 0.846. The maximum absolute atomic E-state index is 12.9. The largest absolute Gasteiger partial charge is 0.434 e. The van der Waals surface area contributed by atoms with Gasteiger partial charge in [-0.25, -0.2) is 13.8 Å². The summed E-state index contributed by atoms with van der Waals surface area (Å²) in [6.45, 7) is -0.168. The van der Waals surface area contributed by atoms with E-state index >= 15 is 0 Å². The first kappa shape index (κ1) is 12.7. The molecule has 0 N–H and O–H groups in total. The Balaban J connectivity index is 1.99. The van der Waals surface area contributed by atoms with Gasteiger partial charge in [0.1, 0.15) is 5.01 Å². The van der Waals surface area contributed by atoms with Crippen LogP contribution < -0.4 is 0 Å². The molecule has 2 rings (SSSR count). The molecule has 0 bridgehead atoms. The van der Waals surface area contributed by atoms with Crippen LogP contribution in [0.25, 0.3) is 0 Å². The molecule has 0 aliphatic carbocycles. The summed E-state index contributed by atoms with van der Waals surface area (Å²) in [7, 11) is 0. The number of halogens is 5. The molecule has 8 heteroatoms. The fourth-order valence-electron chi connectivity index (χ4n) is 1.65. The van der Waals surface area contributed by atoms with E-state index in [2.05, 4.69) is 4.98 Å². The SMILES string of the molecule is FC1(F)CCN(Cc2nc(C(F)(F)F)cs2)C1. The molecule has 1 aliphatic heterocycles. The number of rotatable bonds is 2. The summed E-state index contributed by atoms with van der Waals surface area (Å²) in [6, 6.07) is 0. The topological polar surface area (TPSA) is 16.1 Å². The second-order valence-electron chi connectivity index (χ2n) is 3.94. The van der Waals surface area contributed by atoms with Crippen molar-refractivity contribution >= 4 is 11.3 Å². The van der Waals surface area contributed by atoms with Crippen molar-refractivity contribution in [2.45, 2.75) is 25.1 Å². The zero-order chi connectivity index (χ0) is 12.7. The van der Waals surface area contributed by atoms with Crippen molar-refractivity contribution in [2.24, 2.45) is 0 Å². The lowest BCUT2D eigenvalue weighted by Crippen LogP contribution is -2.24. The van der Waals surface area contributed by atoms with E-state index in [1.165, 1.54) is 4.90 Å². The fraction of sp³-hybridized carbons (Fsp3) is 0.667. The van der Waals surface area contributed by atoms with Gasteiger partial charge in [-0.3, -0.25) is 4.90 Å². The average Bonchev–Trinajstić information content (AvgIpc) is 2.72. The second kappa shape index (κ2) is 4.16. The van der Waals surface area contributed by atoms with Gasteiger partial charge in [0.25, 0.3) is 5.92 Å². The summed E-state index contributed by atoms with van der Waals surface area (Å²) in [5.41, 5.74) is -0.955. The summed E-state index contributed by atoms with van der Waals surface area (Å²) in [5, 5.41) is 1.12. The van der Waals surface area contributed by atoms with Gasteiger partial charge in [0.15, 0.2) is 5.69 Å². The Hall–Kier alpha value is -0.760. The molecule has 1 aromatic rings. The van der Waals surface area contributed by atoms with Gasteiger partial charge < -0.3 is 0 Å².